The minimum atomic E-state index is -2.80. The van der Waals surface area contributed by atoms with Gasteiger partial charge >= 0.3 is 18.0 Å². The number of aliphatic hydroxyl groups is 1. The van der Waals surface area contributed by atoms with Crippen molar-refractivity contribution in [3.8, 4) is 0 Å². The molecule has 0 radical (unpaired) electrons. The fourth-order valence-corrected chi connectivity index (χ4v) is 21.3. The van der Waals surface area contributed by atoms with Crippen molar-refractivity contribution in [3.63, 3.8) is 0 Å². The lowest BCUT2D eigenvalue weighted by molar-refractivity contribution is -0.710. The highest BCUT2D eigenvalue weighted by Crippen LogP contribution is 2.67. The van der Waals surface area contributed by atoms with Crippen LogP contribution in [0.5, 0.6) is 0 Å². The van der Waals surface area contributed by atoms with Crippen LogP contribution in [0.25, 0.3) is 0 Å². The first-order valence-electron chi connectivity index (χ1n) is 33.2. The zero-order valence-electron chi connectivity index (χ0n) is 52.3. The molecule has 85 heavy (non-hydrogen) atoms. The molecule has 6 saturated carbocycles. The number of Topliss-reactive ketones (excluding diaryl/α,β-unsaturated/α-hetero) is 2. The average molecular weight is 1180 g/mol. The van der Waals surface area contributed by atoms with Crippen LogP contribution in [0.1, 0.15) is 202 Å². The number of hydrogen-bond acceptors (Lipinski definition) is 11. The third-order valence-electron chi connectivity index (χ3n) is 25.9. The van der Waals surface area contributed by atoms with E-state index in [1.165, 1.54) is 77.2 Å². The minimum absolute atomic E-state index is 0.0760. The highest BCUT2D eigenvalue weighted by molar-refractivity contribution is 5.87. The van der Waals surface area contributed by atoms with Gasteiger partial charge in [-0.25, -0.2) is 9.59 Å². The molecule has 10 fully saturated rings. The Balaban J connectivity index is 0.000000151. The van der Waals surface area contributed by atoms with Crippen LogP contribution in [0, 0.1) is 81.8 Å². The Morgan fingerprint density at radius 1 is 0.706 bits per heavy atom. The lowest BCUT2D eigenvalue weighted by atomic mass is 9.52. The zero-order chi connectivity index (χ0) is 60.7. The van der Waals surface area contributed by atoms with Gasteiger partial charge in [0.15, 0.2) is 5.60 Å². The summed E-state index contributed by atoms with van der Waals surface area (Å²) in [5.41, 5.74) is 5.65. The Labute approximate surface area is 504 Å². The molecular formula is C70H100N2O13. The molecule has 1 aromatic carbocycles. The third-order valence-corrected chi connectivity index (χ3v) is 25.9. The fourth-order valence-electron chi connectivity index (χ4n) is 21.3. The van der Waals surface area contributed by atoms with Crippen molar-refractivity contribution in [3.05, 3.63) is 58.2 Å². The maximum Gasteiger partial charge on any atom is 0.410 e. The standard InChI is InChI=1S/C36H49NO4.C28H43NO2.C6H8O7/c1-22-16-32-33(37(20-22)34(39)40-21-25-8-6-5-7-9-25)24(3)36(41-32)15-13-28-29-11-10-26-17-27(38)12-14-35(26,4)31(29)18-30(28)23(2)19-36;1-16-11-25-26(29-15-16)18(3)28(31-25)10-8-21-22-6-5-19-12-20(30)7-9-27(19,4)24(22)13-23(21)17(2)14-28;7-3(8)1-6(13,5(11)12)2-4(9)10/h5-9,22,24,26,28-29,31-33H,10-21H2,1-4H3;16,18-19,21-22,24-26,29H,5-15H2,1-4H3;13H,1-2H2,(H,7,8)(H,9,10)(H,11,12)/t22-,24+,26+,28-,29-,31-,32+,33-,35-,36-;16-,18+,19+,21-,22-,24-,25+,26-,27-,28-;/m00./s1. The number of benzene rings is 1. The lowest BCUT2D eigenvalue weighted by Crippen LogP contribution is -2.96. The van der Waals surface area contributed by atoms with Crippen molar-refractivity contribution in [1.82, 2.24) is 4.90 Å². The summed E-state index contributed by atoms with van der Waals surface area (Å²) in [5.74, 6) is 3.69. The van der Waals surface area contributed by atoms with Gasteiger partial charge < -0.3 is 49.6 Å². The van der Waals surface area contributed by atoms with Gasteiger partial charge in [0.2, 0.25) is 0 Å². The first-order chi connectivity index (χ1) is 40.3. The number of hydrogen-bond donors (Lipinski definition) is 4. The second kappa shape index (κ2) is 23.8. The molecule has 0 bridgehead atoms. The van der Waals surface area contributed by atoms with E-state index in [-0.39, 0.29) is 35.4 Å². The number of allylic oxidation sites excluding steroid dienone is 2. The summed E-state index contributed by atoms with van der Waals surface area (Å²) in [6.07, 6.45) is 20.5. The van der Waals surface area contributed by atoms with Crippen LogP contribution in [-0.2, 0) is 44.8 Å². The van der Waals surface area contributed by atoms with Gasteiger partial charge in [0, 0.05) is 62.4 Å². The number of quaternary nitrogens is 1. The van der Waals surface area contributed by atoms with E-state index in [9.17, 15) is 33.9 Å². The zero-order valence-corrected chi connectivity index (χ0v) is 52.3. The van der Waals surface area contributed by atoms with E-state index < -0.39 is 36.4 Å². The van der Waals surface area contributed by atoms with Crippen molar-refractivity contribution >= 4 is 35.6 Å². The number of piperidine rings is 2. The number of carboxylic acid groups (broad SMARTS) is 3. The highest BCUT2D eigenvalue weighted by atomic mass is 16.6. The predicted molar refractivity (Wildman–Crippen MR) is 316 cm³/mol. The fraction of sp³-hybridized carbons (Fsp3) is 0.771. The molecule has 4 heterocycles. The molecule has 13 rings (SSSR count). The molecule has 12 aliphatic rings. The van der Waals surface area contributed by atoms with Gasteiger partial charge in [-0.3, -0.25) is 14.4 Å². The second-order valence-corrected chi connectivity index (χ2v) is 30.6. The molecular weight excluding hydrogens is 1080 g/mol. The average Bonchev–Trinajstić information content (AvgIpc) is 2.02. The molecule has 468 valence electrons. The van der Waals surface area contributed by atoms with E-state index in [1.807, 2.05) is 40.8 Å². The molecule has 15 heteroatoms. The van der Waals surface area contributed by atoms with Gasteiger partial charge in [0.05, 0.1) is 36.3 Å². The number of carbonyl (C=O) groups is 6. The Hall–Kier alpha value is -4.44. The van der Waals surface area contributed by atoms with Crippen molar-refractivity contribution in [1.29, 1.82) is 0 Å². The summed E-state index contributed by atoms with van der Waals surface area (Å²) in [7, 11) is 0. The van der Waals surface area contributed by atoms with E-state index in [0.29, 0.717) is 70.7 Å². The monoisotopic (exact) mass is 1180 g/mol. The van der Waals surface area contributed by atoms with Crippen molar-refractivity contribution in [2.24, 2.45) is 81.8 Å². The molecule has 5 N–H and O–H groups in total. The predicted octanol–water partition coefficient (Wildman–Crippen LogP) is 9.80. The van der Waals surface area contributed by atoms with E-state index in [1.54, 1.807) is 16.7 Å². The number of amides is 1. The van der Waals surface area contributed by atoms with Gasteiger partial charge in [0.25, 0.3) is 0 Å². The van der Waals surface area contributed by atoms with Crippen LogP contribution in [0.3, 0.4) is 0 Å². The number of likely N-dealkylation sites (tertiary alicyclic amines) is 1. The molecule has 15 nitrogen and oxygen atoms in total. The first-order valence-corrected chi connectivity index (χ1v) is 33.2. The molecule has 1 unspecified atom stereocenters. The van der Waals surface area contributed by atoms with Crippen molar-refractivity contribution < 1.29 is 68.7 Å². The molecule has 4 aliphatic heterocycles. The number of ether oxygens (including phenoxy) is 3. The number of rotatable bonds is 7. The van der Waals surface area contributed by atoms with E-state index in [4.69, 9.17) is 29.5 Å². The second-order valence-electron chi connectivity index (χ2n) is 30.6. The maximum atomic E-state index is 13.5. The van der Waals surface area contributed by atoms with Crippen LogP contribution in [0.4, 0.5) is 4.79 Å². The van der Waals surface area contributed by atoms with Gasteiger partial charge in [-0.05, 0) is 186 Å². The SMILES string of the molecule is CC1=C2C[C@H]3[C@@H](CC[C@@H]4CC(=O)CC[C@@]43C)[C@@H]2CC[C@@]2(C1)O[C@@H]1C[C@H](C)CN(C(=O)OCc3ccccc3)[C@H]1[C@H]2C.CC1=C2C[C@H]3[C@@H](CC[C@@H]4CC(=O)CC[C@@]43C)[C@@H]2CC[C@@]2(C1)O[C@@H]1C[C@H](C)C[NH2+][C@H]1[C@H]2C.O=C([O-])CC(O)(CC(=O)O)C(=O)O. The van der Waals surface area contributed by atoms with Crippen molar-refractivity contribution in [2.75, 3.05) is 13.1 Å². The normalized spacial score (nSPS) is 43.1. The number of aliphatic carboxylic acids is 3. The topological polar surface area (TPSA) is 234 Å². The third kappa shape index (κ3) is 11.6. The number of carbonyl (C=O) groups excluding carboxylic acids is 4. The number of ketones is 2. The highest BCUT2D eigenvalue weighted by Gasteiger charge is 2.63. The summed E-state index contributed by atoms with van der Waals surface area (Å²) in [4.78, 5) is 70.4. The van der Waals surface area contributed by atoms with Gasteiger partial charge in [-0.1, -0.05) is 94.2 Å². The molecule has 8 aliphatic carbocycles. The molecule has 1 aromatic rings. The van der Waals surface area contributed by atoms with Crippen LogP contribution in [-0.4, -0.2) is 110 Å². The van der Waals surface area contributed by atoms with Crippen LogP contribution >= 0.6 is 0 Å². The van der Waals surface area contributed by atoms with Gasteiger partial charge in [-0.15, -0.1) is 0 Å². The molecule has 2 spiro atoms. The number of nitrogens with zero attached hydrogens (tertiary/aromatic N) is 1. The van der Waals surface area contributed by atoms with E-state index in [2.05, 4.69) is 60.7 Å². The smallest absolute Gasteiger partial charge is 0.410 e. The number of carboxylic acids is 3. The minimum Gasteiger partial charge on any atom is -0.550 e. The summed E-state index contributed by atoms with van der Waals surface area (Å²) in [5, 5.41) is 38.1. The first kappa shape index (κ1) is 62.2. The molecule has 1 amide bonds. The lowest BCUT2D eigenvalue weighted by Gasteiger charge is -2.52. The number of fused-ring (bicyclic) bond motifs is 12. The van der Waals surface area contributed by atoms with Crippen LogP contribution in [0.15, 0.2) is 52.6 Å². The number of nitrogens with two attached hydrogens (primary N) is 1. The Morgan fingerprint density at radius 2 is 1.24 bits per heavy atom. The Morgan fingerprint density at radius 3 is 1.76 bits per heavy atom. The largest absolute Gasteiger partial charge is 0.550 e. The van der Waals surface area contributed by atoms with Gasteiger partial charge in [0.1, 0.15) is 30.3 Å². The van der Waals surface area contributed by atoms with E-state index >= 15 is 0 Å². The van der Waals surface area contributed by atoms with Crippen LogP contribution < -0.4 is 10.4 Å². The van der Waals surface area contributed by atoms with Crippen LogP contribution in [0.2, 0.25) is 0 Å². The summed E-state index contributed by atoms with van der Waals surface area (Å²) < 4.78 is 20.1. The quantitative estimate of drug-likeness (QED) is 0.186. The Kier molecular flexibility index (Phi) is 17.4. The summed E-state index contributed by atoms with van der Waals surface area (Å²) in [6.45, 7) is 21.8. The van der Waals surface area contributed by atoms with E-state index in [0.717, 1.165) is 105 Å². The Bertz CT molecular complexity index is 2800. The maximum absolute atomic E-state index is 13.5. The summed E-state index contributed by atoms with van der Waals surface area (Å²) >= 11 is 0. The molecule has 0 aromatic heterocycles. The molecule has 4 saturated heterocycles. The molecule has 21 atom stereocenters. The van der Waals surface area contributed by atoms with Crippen molar-refractivity contribution in [2.45, 2.75) is 244 Å². The summed E-state index contributed by atoms with van der Waals surface area (Å²) in [6, 6.07) is 10.7. The van der Waals surface area contributed by atoms with Gasteiger partial charge in [-0.2, -0.15) is 0 Å².